The van der Waals surface area contributed by atoms with Crippen LogP contribution in [0.4, 0.5) is 8.78 Å². The molecule has 0 atom stereocenters. The summed E-state index contributed by atoms with van der Waals surface area (Å²) in [5, 5.41) is 0. The highest BCUT2D eigenvalue weighted by Crippen LogP contribution is 2.36. The monoisotopic (exact) mass is 220 g/mol. The lowest BCUT2D eigenvalue weighted by Crippen LogP contribution is -2.27. The zero-order valence-electron chi connectivity index (χ0n) is 9.98. The second-order valence-corrected chi connectivity index (χ2v) is 4.24. The summed E-state index contributed by atoms with van der Waals surface area (Å²) in [6.45, 7) is 5.84. The zero-order chi connectivity index (χ0) is 11.9. The Hall–Kier alpha value is -0.470. The average Bonchev–Trinajstić information content (AvgIpc) is 2.17. The van der Waals surface area contributed by atoms with E-state index >= 15 is 0 Å². The lowest BCUT2D eigenvalue weighted by atomic mass is 9.85. The van der Waals surface area contributed by atoms with Crippen LogP contribution in [0.25, 0.3) is 0 Å². The molecule has 1 fully saturated rings. The molecule has 90 valence electrons. The van der Waals surface area contributed by atoms with E-state index in [4.69, 9.17) is 0 Å². The van der Waals surface area contributed by atoms with E-state index in [1.54, 1.807) is 0 Å². The van der Waals surface area contributed by atoms with Crippen LogP contribution >= 0.6 is 0 Å². The van der Waals surface area contributed by atoms with Crippen molar-refractivity contribution in [2.24, 2.45) is 5.92 Å². The van der Waals surface area contributed by atoms with Crippen molar-refractivity contribution in [1.29, 1.82) is 0 Å². The van der Waals surface area contributed by atoms with Gasteiger partial charge in [0.2, 0.25) is 5.92 Å². The molecule has 0 saturated heterocycles. The molecular formula is C12H22F2O. The van der Waals surface area contributed by atoms with Crippen molar-refractivity contribution in [3.63, 3.8) is 0 Å². The van der Waals surface area contributed by atoms with Crippen molar-refractivity contribution >= 4 is 5.78 Å². The zero-order valence-corrected chi connectivity index (χ0v) is 9.98. The molecule has 15 heavy (non-hydrogen) atoms. The molecular weight excluding hydrogens is 198 g/mol. The molecule has 0 unspecified atom stereocenters. The molecule has 1 rings (SSSR count). The Morgan fingerprint density at radius 1 is 1.20 bits per heavy atom. The van der Waals surface area contributed by atoms with Crippen molar-refractivity contribution in [3.8, 4) is 0 Å². The van der Waals surface area contributed by atoms with Crippen molar-refractivity contribution in [1.82, 2.24) is 0 Å². The van der Waals surface area contributed by atoms with Gasteiger partial charge in [-0.25, -0.2) is 8.78 Å². The van der Waals surface area contributed by atoms with Gasteiger partial charge in [0.15, 0.2) is 0 Å². The van der Waals surface area contributed by atoms with E-state index in [-0.39, 0.29) is 24.5 Å². The maximum absolute atomic E-state index is 12.5. The summed E-state index contributed by atoms with van der Waals surface area (Å²) < 4.78 is 25.1. The SMILES string of the molecule is CC(=O)C1CCC(F)(F)CC1.CCCC. The number of carbonyl (C=O) groups is 1. The van der Waals surface area contributed by atoms with Gasteiger partial charge in [0.1, 0.15) is 5.78 Å². The summed E-state index contributed by atoms with van der Waals surface area (Å²) in [6, 6.07) is 0. The molecule has 0 aliphatic heterocycles. The molecule has 0 heterocycles. The summed E-state index contributed by atoms with van der Waals surface area (Å²) in [5.41, 5.74) is 0. The molecule has 0 N–H and O–H groups in total. The summed E-state index contributed by atoms with van der Waals surface area (Å²) >= 11 is 0. The number of carbonyl (C=O) groups excluding carboxylic acids is 1. The molecule has 1 saturated carbocycles. The summed E-state index contributed by atoms with van der Waals surface area (Å²) in [6.07, 6.45) is 3.14. The first kappa shape index (κ1) is 14.5. The fraction of sp³-hybridized carbons (Fsp3) is 0.917. The number of ketones is 1. The number of unbranched alkanes of at least 4 members (excludes halogenated alkanes) is 1. The van der Waals surface area contributed by atoms with Crippen molar-refractivity contribution in [3.05, 3.63) is 0 Å². The van der Waals surface area contributed by atoms with E-state index in [9.17, 15) is 13.6 Å². The standard InChI is InChI=1S/C8H12F2O.C4H10/c1-6(11)7-2-4-8(9,10)5-3-7;1-3-4-2/h7H,2-5H2,1H3;3-4H2,1-2H3. The van der Waals surface area contributed by atoms with Gasteiger partial charge in [0, 0.05) is 18.8 Å². The highest BCUT2D eigenvalue weighted by Gasteiger charge is 2.36. The third kappa shape index (κ3) is 6.58. The van der Waals surface area contributed by atoms with Crippen LogP contribution in [0.15, 0.2) is 0 Å². The van der Waals surface area contributed by atoms with E-state index < -0.39 is 5.92 Å². The van der Waals surface area contributed by atoms with Crippen LogP contribution in [0.2, 0.25) is 0 Å². The molecule has 0 bridgehead atoms. The Balaban J connectivity index is 0.000000423. The summed E-state index contributed by atoms with van der Waals surface area (Å²) in [5.74, 6) is -2.55. The molecule has 0 aromatic heterocycles. The Morgan fingerprint density at radius 3 is 1.87 bits per heavy atom. The van der Waals surface area contributed by atoms with Gasteiger partial charge < -0.3 is 0 Å². The van der Waals surface area contributed by atoms with Gasteiger partial charge in [-0.3, -0.25) is 4.79 Å². The van der Waals surface area contributed by atoms with Crippen LogP contribution in [0, 0.1) is 5.92 Å². The van der Waals surface area contributed by atoms with E-state index in [0.29, 0.717) is 12.8 Å². The molecule has 1 aliphatic rings. The minimum atomic E-state index is -2.51. The van der Waals surface area contributed by atoms with Gasteiger partial charge >= 0.3 is 0 Å². The number of Topliss-reactive ketones (excluding diaryl/α,β-unsaturated/α-hetero) is 1. The van der Waals surface area contributed by atoms with Crippen molar-refractivity contribution < 1.29 is 13.6 Å². The summed E-state index contributed by atoms with van der Waals surface area (Å²) in [7, 11) is 0. The lowest BCUT2D eigenvalue weighted by Gasteiger charge is -2.26. The van der Waals surface area contributed by atoms with Gasteiger partial charge in [0.05, 0.1) is 0 Å². The lowest BCUT2D eigenvalue weighted by molar-refractivity contribution is -0.124. The molecule has 0 spiro atoms. The van der Waals surface area contributed by atoms with Crippen LogP contribution in [0.1, 0.15) is 59.3 Å². The second kappa shape index (κ2) is 6.91. The first-order valence-electron chi connectivity index (χ1n) is 5.81. The molecule has 3 heteroatoms. The van der Waals surface area contributed by atoms with Gasteiger partial charge in [-0.05, 0) is 19.8 Å². The molecule has 0 radical (unpaired) electrons. The minimum absolute atomic E-state index is 0.0560. The number of alkyl halides is 2. The van der Waals surface area contributed by atoms with Gasteiger partial charge in [-0.2, -0.15) is 0 Å². The van der Waals surface area contributed by atoms with Crippen LogP contribution in [-0.4, -0.2) is 11.7 Å². The van der Waals surface area contributed by atoms with Crippen molar-refractivity contribution in [2.75, 3.05) is 0 Å². The van der Waals surface area contributed by atoms with Gasteiger partial charge in [-0.15, -0.1) is 0 Å². The molecule has 1 aliphatic carbocycles. The average molecular weight is 220 g/mol. The predicted molar refractivity (Wildman–Crippen MR) is 58.2 cm³/mol. The predicted octanol–water partition coefficient (Wildman–Crippen LogP) is 4.21. The van der Waals surface area contributed by atoms with Crippen LogP contribution in [0.5, 0.6) is 0 Å². The van der Waals surface area contributed by atoms with E-state index in [1.165, 1.54) is 19.8 Å². The molecule has 0 aromatic rings. The minimum Gasteiger partial charge on any atom is -0.300 e. The molecule has 0 aromatic carbocycles. The van der Waals surface area contributed by atoms with Crippen LogP contribution in [-0.2, 0) is 4.79 Å². The van der Waals surface area contributed by atoms with E-state index in [0.717, 1.165) is 0 Å². The Bertz CT molecular complexity index is 178. The number of hydrogen-bond acceptors (Lipinski definition) is 1. The normalized spacial score (nSPS) is 20.3. The Kier molecular flexibility index (Phi) is 6.70. The van der Waals surface area contributed by atoms with Gasteiger partial charge in [0.25, 0.3) is 0 Å². The fourth-order valence-corrected chi connectivity index (χ4v) is 1.45. The Morgan fingerprint density at radius 2 is 1.60 bits per heavy atom. The van der Waals surface area contributed by atoms with Gasteiger partial charge in [-0.1, -0.05) is 26.7 Å². The number of halogens is 2. The number of rotatable bonds is 2. The highest BCUT2D eigenvalue weighted by molar-refractivity contribution is 5.78. The van der Waals surface area contributed by atoms with Crippen molar-refractivity contribution in [2.45, 2.75) is 65.2 Å². The third-order valence-electron chi connectivity index (χ3n) is 2.79. The smallest absolute Gasteiger partial charge is 0.248 e. The largest absolute Gasteiger partial charge is 0.300 e. The Labute approximate surface area is 91.2 Å². The topological polar surface area (TPSA) is 17.1 Å². The third-order valence-corrected chi connectivity index (χ3v) is 2.79. The maximum Gasteiger partial charge on any atom is 0.248 e. The molecule has 1 nitrogen and oxygen atoms in total. The first-order valence-corrected chi connectivity index (χ1v) is 5.81. The van der Waals surface area contributed by atoms with Crippen LogP contribution < -0.4 is 0 Å². The first-order chi connectivity index (χ1) is 6.93. The number of hydrogen-bond donors (Lipinski definition) is 0. The van der Waals surface area contributed by atoms with Crippen LogP contribution in [0.3, 0.4) is 0 Å². The quantitative estimate of drug-likeness (QED) is 0.681. The highest BCUT2D eigenvalue weighted by atomic mass is 19.3. The van der Waals surface area contributed by atoms with E-state index in [2.05, 4.69) is 13.8 Å². The fourth-order valence-electron chi connectivity index (χ4n) is 1.45. The van der Waals surface area contributed by atoms with E-state index in [1.807, 2.05) is 0 Å². The molecule has 0 amide bonds. The maximum atomic E-state index is 12.5. The summed E-state index contributed by atoms with van der Waals surface area (Å²) in [4.78, 5) is 10.8. The second-order valence-electron chi connectivity index (χ2n) is 4.24.